The zero-order valence-corrected chi connectivity index (χ0v) is 11.3. The van der Waals surface area contributed by atoms with E-state index in [1.54, 1.807) is 0 Å². The summed E-state index contributed by atoms with van der Waals surface area (Å²) in [5, 5.41) is 3.81. The zero-order chi connectivity index (χ0) is 13.0. The molecule has 0 saturated carbocycles. The van der Waals surface area contributed by atoms with Gasteiger partial charge in [0.05, 0.1) is 0 Å². The second-order valence-corrected chi connectivity index (χ2v) is 4.51. The molecule has 1 N–H and O–H groups in total. The minimum absolute atomic E-state index is 0.698. The SMILES string of the molecule is CCc1cc(NC)nc(Cc2cccc(Cl)c2)n1. The Morgan fingerprint density at radius 1 is 1.22 bits per heavy atom. The van der Waals surface area contributed by atoms with E-state index in [9.17, 15) is 0 Å². The van der Waals surface area contributed by atoms with Gasteiger partial charge in [-0.15, -0.1) is 0 Å². The number of aromatic nitrogens is 2. The lowest BCUT2D eigenvalue weighted by molar-refractivity contribution is 0.908. The van der Waals surface area contributed by atoms with E-state index in [4.69, 9.17) is 11.6 Å². The van der Waals surface area contributed by atoms with Crippen molar-refractivity contribution in [2.45, 2.75) is 19.8 Å². The van der Waals surface area contributed by atoms with Crippen LogP contribution in [0.25, 0.3) is 0 Å². The summed E-state index contributed by atoms with van der Waals surface area (Å²) in [6.45, 7) is 2.09. The van der Waals surface area contributed by atoms with Gasteiger partial charge in [-0.05, 0) is 24.1 Å². The van der Waals surface area contributed by atoms with Gasteiger partial charge in [0.15, 0.2) is 0 Å². The minimum atomic E-state index is 0.698. The van der Waals surface area contributed by atoms with Gasteiger partial charge in [0.2, 0.25) is 0 Å². The zero-order valence-electron chi connectivity index (χ0n) is 10.6. The molecule has 0 spiro atoms. The molecule has 2 rings (SSSR count). The molecule has 0 aliphatic carbocycles. The Labute approximate surface area is 112 Å². The van der Waals surface area contributed by atoms with Crippen LogP contribution in [0, 0.1) is 0 Å². The lowest BCUT2D eigenvalue weighted by Crippen LogP contribution is -2.04. The molecule has 0 aliphatic rings. The van der Waals surface area contributed by atoms with Gasteiger partial charge in [-0.1, -0.05) is 30.7 Å². The summed E-state index contributed by atoms with van der Waals surface area (Å²) in [7, 11) is 1.87. The van der Waals surface area contributed by atoms with Crippen molar-refractivity contribution in [3.63, 3.8) is 0 Å². The van der Waals surface area contributed by atoms with E-state index in [1.165, 1.54) is 0 Å². The predicted molar refractivity (Wildman–Crippen MR) is 75.2 cm³/mol. The van der Waals surface area contributed by atoms with Crippen LogP contribution in [-0.2, 0) is 12.8 Å². The lowest BCUT2D eigenvalue weighted by Gasteiger charge is -2.07. The van der Waals surface area contributed by atoms with Crippen molar-refractivity contribution in [3.8, 4) is 0 Å². The Bertz CT molecular complexity index is 518. The van der Waals surface area contributed by atoms with Crippen LogP contribution in [0.4, 0.5) is 5.82 Å². The van der Waals surface area contributed by atoms with Crippen molar-refractivity contribution >= 4 is 17.4 Å². The van der Waals surface area contributed by atoms with Gasteiger partial charge < -0.3 is 5.32 Å². The van der Waals surface area contributed by atoms with Gasteiger partial charge in [0, 0.05) is 30.3 Å². The van der Waals surface area contributed by atoms with Crippen LogP contribution in [0.3, 0.4) is 0 Å². The molecule has 1 aromatic carbocycles. The largest absolute Gasteiger partial charge is 0.373 e. The molecule has 2 aromatic rings. The number of aryl methyl sites for hydroxylation is 1. The van der Waals surface area contributed by atoms with Crippen molar-refractivity contribution in [1.29, 1.82) is 0 Å². The summed E-state index contributed by atoms with van der Waals surface area (Å²) in [6.07, 6.45) is 1.60. The van der Waals surface area contributed by atoms with Crippen molar-refractivity contribution in [3.05, 3.63) is 52.4 Å². The second-order valence-electron chi connectivity index (χ2n) is 4.07. The number of hydrogen-bond donors (Lipinski definition) is 1. The highest BCUT2D eigenvalue weighted by molar-refractivity contribution is 6.30. The maximum Gasteiger partial charge on any atom is 0.135 e. The maximum absolute atomic E-state index is 5.98. The van der Waals surface area contributed by atoms with Gasteiger partial charge in [-0.25, -0.2) is 9.97 Å². The van der Waals surface area contributed by atoms with Crippen molar-refractivity contribution in [2.75, 3.05) is 12.4 Å². The molecule has 0 fully saturated rings. The third kappa shape index (κ3) is 3.20. The van der Waals surface area contributed by atoms with Crippen LogP contribution in [0.15, 0.2) is 30.3 Å². The Morgan fingerprint density at radius 3 is 2.72 bits per heavy atom. The molecular formula is C14H16ClN3. The Kier molecular flexibility index (Phi) is 4.15. The van der Waals surface area contributed by atoms with Crippen LogP contribution in [0.2, 0.25) is 5.02 Å². The molecule has 0 radical (unpaired) electrons. The molecule has 4 heteroatoms. The number of benzene rings is 1. The number of hydrogen-bond acceptors (Lipinski definition) is 3. The molecule has 1 aromatic heterocycles. The normalized spacial score (nSPS) is 10.4. The van der Waals surface area contributed by atoms with Crippen LogP contribution in [0.1, 0.15) is 24.0 Å². The van der Waals surface area contributed by atoms with Gasteiger partial charge in [-0.2, -0.15) is 0 Å². The highest BCUT2D eigenvalue weighted by Gasteiger charge is 2.04. The minimum Gasteiger partial charge on any atom is -0.373 e. The van der Waals surface area contributed by atoms with Crippen LogP contribution >= 0.6 is 11.6 Å². The van der Waals surface area contributed by atoms with Gasteiger partial charge in [-0.3, -0.25) is 0 Å². The Morgan fingerprint density at radius 2 is 2.06 bits per heavy atom. The second kappa shape index (κ2) is 5.83. The Hall–Kier alpha value is -1.61. The third-order valence-electron chi connectivity index (χ3n) is 2.70. The molecule has 0 atom stereocenters. The first-order valence-corrected chi connectivity index (χ1v) is 6.38. The van der Waals surface area contributed by atoms with Crippen molar-refractivity contribution in [2.24, 2.45) is 0 Å². The third-order valence-corrected chi connectivity index (χ3v) is 2.93. The molecule has 3 nitrogen and oxygen atoms in total. The van der Waals surface area contributed by atoms with Gasteiger partial charge >= 0.3 is 0 Å². The van der Waals surface area contributed by atoms with Crippen LogP contribution < -0.4 is 5.32 Å². The van der Waals surface area contributed by atoms with E-state index >= 15 is 0 Å². The first kappa shape index (κ1) is 12.8. The first-order chi connectivity index (χ1) is 8.71. The number of halogens is 1. The topological polar surface area (TPSA) is 37.8 Å². The van der Waals surface area contributed by atoms with E-state index in [2.05, 4.69) is 22.2 Å². The number of rotatable bonds is 4. The maximum atomic E-state index is 5.98. The van der Waals surface area contributed by atoms with E-state index in [-0.39, 0.29) is 0 Å². The highest BCUT2D eigenvalue weighted by atomic mass is 35.5. The molecule has 1 heterocycles. The van der Waals surface area contributed by atoms with E-state index in [1.807, 2.05) is 37.4 Å². The molecule has 0 aliphatic heterocycles. The van der Waals surface area contributed by atoms with Gasteiger partial charge in [0.25, 0.3) is 0 Å². The standard InChI is InChI=1S/C14H16ClN3/c1-3-12-9-13(16-2)18-14(17-12)8-10-5-4-6-11(15)7-10/h4-7,9H,3,8H2,1-2H3,(H,16,17,18). The van der Waals surface area contributed by atoms with E-state index in [0.717, 1.165) is 34.3 Å². The first-order valence-electron chi connectivity index (χ1n) is 6.00. The number of nitrogens with zero attached hydrogens (tertiary/aromatic N) is 2. The summed E-state index contributed by atoms with van der Waals surface area (Å²) >= 11 is 5.98. The average Bonchev–Trinajstić information content (AvgIpc) is 2.38. The number of nitrogens with one attached hydrogen (secondary N) is 1. The van der Waals surface area contributed by atoms with Crippen molar-refractivity contribution in [1.82, 2.24) is 9.97 Å². The Balaban J connectivity index is 2.28. The molecule has 0 bridgehead atoms. The molecule has 0 saturated heterocycles. The fourth-order valence-electron chi connectivity index (χ4n) is 1.77. The predicted octanol–water partition coefficient (Wildman–Crippen LogP) is 3.32. The molecule has 0 amide bonds. The lowest BCUT2D eigenvalue weighted by atomic mass is 10.1. The summed E-state index contributed by atoms with van der Waals surface area (Å²) in [5.74, 6) is 1.68. The van der Waals surface area contributed by atoms with E-state index in [0.29, 0.717) is 6.42 Å². The quantitative estimate of drug-likeness (QED) is 0.917. The number of anilines is 1. The molecular weight excluding hydrogens is 246 g/mol. The van der Waals surface area contributed by atoms with E-state index < -0.39 is 0 Å². The molecule has 94 valence electrons. The van der Waals surface area contributed by atoms with Crippen LogP contribution in [-0.4, -0.2) is 17.0 Å². The summed E-state index contributed by atoms with van der Waals surface area (Å²) in [4.78, 5) is 8.99. The molecule has 0 unspecified atom stereocenters. The van der Waals surface area contributed by atoms with Gasteiger partial charge in [0.1, 0.15) is 11.6 Å². The highest BCUT2D eigenvalue weighted by Crippen LogP contribution is 2.15. The summed E-state index contributed by atoms with van der Waals surface area (Å²) in [6, 6.07) is 9.77. The monoisotopic (exact) mass is 261 g/mol. The summed E-state index contributed by atoms with van der Waals surface area (Å²) in [5.41, 5.74) is 2.17. The smallest absolute Gasteiger partial charge is 0.135 e. The average molecular weight is 262 g/mol. The fraction of sp³-hybridized carbons (Fsp3) is 0.286. The fourth-order valence-corrected chi connectivity index (χ4v) is 1.98. The van der Waals surface area contributed by atoms with Crippen LogP contribution in [0.5, 0.6) is 0 Å². The molecule has 18 heavy (non-hydrogen) atoms. The van der Waals surface area contributed by atoms with Crippen molar-refractivity contribution < 1.29 is 0 Å². The summed E-state index contributed by atoms with van der Waals surface area (Å²) < 4.78 is 0.